The molecule has 1 saturated heterocycles. The van der Waals surface area contributed by atoms with Gasteiger partial charge in [-0.1, -0.05) is 103 Å². The molecule has 0 bridgehead atoms. The summed E-state index contributed by atoms with van der Waals surface area (Å²) in [5, 5.41) is 3.12. The molecule has 0 aromatic heterocycles. The van der Waals surface area contributed by atoms with Crippen molar-refractivity contribution in [2.24, 2.45) is 5.92 Å². The van der Waals surface area contributed by atoms with Crippen LogP contribution in [0.1, 0.15) is 68.8 Å². The van der Waals surface area contributed by atoms with Crippen LogP contribution in [0.2, 0.25) is 0 Å². The van der Waals surface area contributed by atoms with Crippen molar-refractivity contribution < 1.29 is 14.4 Å². The van der Waals surface area contributed by atoms with E-state index in [-0.39, 0.29) is 17.5 Å². The number of allylic oxidation sites excluding steroid dienone is 1. The van der Waals surface area contributed by atoms with Gasteiger partial charge in [0.1, 0.15) is 11.5 Å². The minimum Gasteiger partial charge on any atom is -0.352 e. The van der Waals surface area contributed by atoms with Gasteiger partial charge in [-0.3, -0.25) is 14.4 Å². The molecule has 5 heteroatoms. The van der Waals surface area contributed by atoms with Gasteiger partial charge >= 0.3 is 0 Å². The molecule has 1 fully saturated rings. The lowest BCUT2D eigenvalue weighted by Gasteiger charge is -2.39. The van der Waals surface area contributed by atoms with Gasteiger partial charge in [0.2, 0.25) is 5.91 Å². The number of benzene rings is 4. The van der Waals surface area contributed by atoms with E-state index in [4.69, 9.17) is 0 Å². The van der Waals surface area contributed by atoms with E-state index in [1.165, 1.54) is 0 Å². The zero-order valence-corrected chi connectivity index (χ0v) is 25.6. The van der Waals surface area contributed by atoms with Crippen LogP contribution in [0, 0.1) is 19.8 Å². The Hall–Kier alpha value is -4.77. The summed E-state index contributed by atoms with van der Waals surface area (Å²) in [7, 11) is 0. The van der Waals surface area contributed by atoms with Crippen LogP contribution >= 0.6 is 0 Å². The number of Topliss-reactive ketones (excluding diaryl/α,β-unsaturated/α-hetero) is 2. The number of nitrogens with zero attached hydrogens (tertiary/aromatic N) is 1. The van der Waals surface area contributed by atoms with Gasteiger partial charge in [0.05, 0.1) is 12.0 Å². The maximum atomic E-state index is 15.0. The lowest BCUT2D eigenvalue weighted by atomic mass is 9.64. The lowest BCUT2D eigenvalue weighted by molar-refractivity contribution is -0.121. The summed E-state index contributed by atoms with van der Waals surface area (Å²) in [6.07, 6.45) is 4.03. The van der Waals surface area contributed by atoms with Crippen molar-refractivity contribution in [3.8, 4) is 0 Å². The van der Waals surface area contributed by atoms with Crippen LogP contribution in [0.4, 0.5) is 11.4 Å². The van der Waals surface area contributed by atoms with Crippen molar-refractivity contribution in [1.82, 2.24) is 0 Å². The summed E-state index contributed by atoms with van der Waals surface area (Å²) in [5.41, 5.74) is 7.40. The number of nitrogens with one attached hydrogen (secondary N) is 1. The Morgan fingerprint density at radius 2 is 1.48 bits per heavy atom. The first kappa shape index (κ1) is 28.0. The summed E-state index contributed by atoms with van der Waals surface area (Å²) >= 11 is 0. The van der Waals surface area contributed by atoms with Crippen molar-refractivity contribution in [3.63, 3.8) is 0 Å². The normalized spacial score (nSPS) is 23.1. The first-order valence-electron chi connectivity index (χ1n) is 15.5. The minimum absolute atomic E-state index is 0.163. The van der Waals surface area contributed by atoms with Crippen molar-refractivity contribution in [2.75, 3.05) is 10.2 Å². The summed E-state index contributed by atoms with van der Waals surface area (Å²) in [4.78, 5) is 46.6. The number of aryl methyl sites for hydroxylation is 3. The van der Waals surface area contributed by atoms with Crippen LogP contribution in [0.25, 0.3) is 5.57 Å². The number of hydrogen-bond acceptors (Lipinski definition) is 4. The van der Waals surface area contributed by atoms with Crippen molar-refractivity contribution in [1.29, 1.82) is 0 Å². The van der Waals surface area contributed by atoms with Crippen LogP contribution in [0.3, 0.4) is 0 Å². The summed E-state index contributed by atoms with van der Waals surface area (Å²) in [6, 6.07) is 27.6. The summed E-state index contributed by atoms with van der Waals surface area (Å²) in [5.74, 6) is -1.57. The Balaban J connectivity index is 1.52. The van der Waals surface area contributed by atoms with Crippen LogP contribution < -0.4 is 10.2 Å². The first-order chi connectivity index (χ1) is 21.2. The summed E-state index contributed by atoms with van der Waals surface area (Å²) < 4.78 is 0. The molecule has 0 unspecified atom stereocenters. The van der Waals surface area contributed by atoms with Crippen LogP contribution in [0.15, 0.2) is 97.1 Å². The Bertz CT molecular complexity index is 1850. The zero-order chi connectivity index (χ0) is 30.7. The smallest absolute Gasteiger partial charge is 0.238 e. The molecule has 220 valence electrons. The maximum Gasteiger partial charge on any atom is 0.238 e. The number of carbonyl (C=O) groups is 3. The second-order valence-electron chi connectivity index (χ2n) is 12.6. The largest absolute Gasteiger partial charge is 0.352 e. The maximum absolute atomic E-state index is 15.0. The molecule has 0 saturated carbocycles. The standard InChI is InChI=1S/C39H36N2O3/c1-5-8-26-14-18-27(19-15-26)36(42)34-35(37(43)28-16-11-23(2)12-17-28)41-32-20-13-24(3)21-29(32)25(4)22-33(41)39(34)30-9-6-7-10-31(30)40-38(39)44/h6-7,9-22,33-35H,5,8H2,1-4H3,(H,40,44)/t33-,34+,35+,39-/m1/s1. The molecule has 3 heterocycles. The number of anilines is 2. The quantitative estimate of drug-likeness (QED) is 0.240. The molecule has 44 heavy (non-hydrogen) atoms. The Morgan fingerprint density at radius 3 is 2.20 bits per heavy atom. The average molecular weight is 581 g/mol. The molecule has 1 spiro atoms. The zero-order valence-electron chi connectivity index (χ0n) is 25.6. The third-order valence-corrected chi connectivity index (χ3v) is 9.80. The van der Waals surface area contributed by atoms with Gasteiger partial charge in [0.15, 0.2) is 11.6 Å². The van der Waals surface area contributed by atoms with E-state index >= 15 is 4.79 Å². The molecule has 3 aliphatic rings. The molecule has 4 atom stereocenters. The topological polar surface area (TPSA) is 66.5 Å². The number of para-hydroxylation sites is 1. The highest BCUT2D eigenvalue weighted by atomic mass is 16.2. The third kappa shape index (κ3) is 4.02. The summed E-state index contributed by atoms with van der Waals surface area (Å²) in [6.45, 7) is 8.22. The van der Waals surface area contributed by atoms with E-state index in [0.29, 0.717) is 16.8 Å². The van der Waals surface area contributed by atoms with E-state index in [1.807, 2.05) is 91.9 Å². The SMILES string of the molecule is CCCc1ccc(C(=O)[C@@H]2[C@@H](C(=O)c3ccc(C)cc3)N3c4ccc(C)cc4C(C)=C[C@@H]3[C@@]23C(=O)Nc2ccccc23)cc1. The Labute approximate surface area is 258 Å². The third-order valence-electron chi connectivity index (χ3n) is 9.80. The Kier molecular flexibility index (Phi) is 6.65. The van der Waals surface area contributed by atoms with Gasteiger partial charge in [0, 0.05) is 28.1 Å². The number of amides is 1. The minimum atomic E-state index is -1.31. The van der Waals surface area contributed by atoms with Crippen molar-refractivity contribution >= 4 is 34.4 Å². The highest BCUT2D eigenvalue weighted by Crippen LogP contribution is 2.59. The molecule has 1 amide bonds. The number of ketones is 2. The fourth-order valence-electron chi connectivity index (χ4n) is 7.74. The average Bonchev–Trinajstić information content (AvgIpc) is 3.49. The van der Waals surface area contributed by atoms with E-state index in [2.05, 4.69) is 43.1 Å². The van der Waals surface area contributed by atoms with E-state index < -0.39 is 23.4 Å². The van der Waals surface area contributed by atoms with E-state index in [9.17, 15) is 9.59 Å². The van der Waals surface area contributed by atoms with Crippen molar-refractivity contribution in [2.45, 2.75) is 58.0 Å². The number of carbonyl (C=O) groups excluding carboxylic acids is 3. The first-order valence-corrected chi connectivity index (χ1v) is 15.5. The molecule has 5 nitrogen and oxygen atoms in total. The molecule has 3 aliphatic heterocycles. The van der Waals surface area contributed by atoms with Crippen LogP contribution in [-0.4, -0.2) is 29.6 Å². The molecular weight excluding hydrogens is 544 g/mol. The van der Waals surface area contributed by atoms with Gasteiger partial charge in [-0.2, -0.15) is 0 Å². The van der Waals surface area contributed by atoms with Gasteiger partial charge in [-0.25, -0.2) is 0 Å². The second kappa shape index (κ2) is 10.4. The fraction of sp³-hybridized carbons (Fsp3) is 0.256. The van der Waals surface area contributed by atoms with Crippen LogP contribution in [-0.2, 0) is 16.6 Å². The highest BCUT2D eigenvalue weighted by Gasteiger charge is 2.70. The van der Waals surface area contributed by atoms with E-state index in [1.54, 1.807) is 0 Å². The molecular formula is C39H36N2O3. The Morgan fingerprint density at radius 1 is 0.818 bits per heavy atom. The molecule has 4 aromatic rings. The molecule has 1 N–H and O–H groups in total. The predicted molar refractivity (Wildman–Crippen MR) is 175 cm³/mol. The van der Waals surface area contributed by atoms with Gasteiger partial charge in [-0.05, 0) is 62.1 Å². The molecule has 4 aromatic carbocycles. The van der Waals surface area contributed by atoms with Crippen molar-refractivity contribution in [3.05, 3.63) is 136 Å². The van der Waals surface area contributed by atoms with E-state index in [0.717, 1.165) is 51.9 Å². The molecule has 0 aliphatic carbocycles. The second-order valence-corrected chi connectivity index (χ2v) is 12.6. The fourth-order valence-corrected chi connectivity index (χ4v) is 7.74. The molecule has 0 radical (unpaired) electrons. The predicted octanol–water partition coefficient (Wildman–Crippen LogP) is 7.50. The van der Waals surface area contributed by atoms with Gasteiger partial charge in [-0.15, -0.1) is 0 Å². The van der Waals surface area contributed by atoms with Gasteiger partial charge < -0.3 is 10.2 Å². The van der Waals surface area contributed by atoms with Crippen LogP contribution in [0.5, 0.6) is 0 Å². The van der Waals surface area contributed by atoms with Gasteiger partial charge in [0.25, 0.3) is 0 Å². The monoisotopic (exact) mass is 580 g/mol. The number of rotatable bonds is 6. The highest BCUT2D eigenvalue weighted by molar-refractivity contribution is 6.18. The number of fused-ring (bicyclic) bond motifs is 6. The number of hydrogen-bond donors (Lipinski definition) is 1. The molecule has 7 rings (SSSR count). The lowest BCUT2D eigenvalue weighted by Crippen LogP contribution is -2.51.